The van der Waals surface area contributed by atoms with Crippen LogP contribution in [0.15, 0.2) is 33.6 Å². The molecule has 0 saturated carbocycles. The van der Waals surface area contributed by atoms with Crippen molar-refractivity contribution >= 4 is 37.8 Å². The van der Waals surface area contributed by atoms with Crippen molar-refractivity contribution in [1.82, 2.24) is 15.6 Å². The van der Waals surface area contributed by atoms with E-state index in [-0.39, 0.29) is 29.7 Å². The van der Waals surface area contributed by atoms with Crippen LogP contribution in [0.1, 0.15) is 26.7 Å². The third-order valence-electron chi connectivity index (χ3n) is 2.71. The summed E-state index contributed by atoms with van der Waals surface area (Å²) in [4.78, 5) is 23.0. The molecule has 0 aliphatic carbocycles. The van der Waals surface area contributed by atoms with E-state index in [0.717, 1.165) is 0 Å². The minimum atomic E-state index is -3.70. The fraction of sp³-hybridized carbons (Fsp3) is 0.429. The Morgan fingerprint density at radius 1 is 1.13 bits per heavy atom. The summed E-state index contributed by atoms with van der Waals surface area (Å²) in [5.74, 6) is -0.581. The monoisotopic (exact) mass is 405 g/mol. The first-order valence-electron chi connectivity index (χ1n) is 7.04. The van der Waals surface area contributed by atoms with E-state index in [1.165, 1.54) is 6.07 Å². The molecule has 0 atom stereocenters. The lowest BCUT2D eigenvalue weighted by Crippen LogP contribution is -2.43. The number of benzene rings is 1. The first-order valence-corrected chi connectivity index (χ1v) is 9.32. The number of halogens is 1. The van der Waals surface area contributed by atoms with Gasteiger partial charge in [-0.3, -0.25) is 20.4 Å². The van der Waals surface area contributed by atoms with Crippen LogP contribution in [0, 0.1) is 5.92 Å². The molecular weight excluding hydrogens is 386 g/mol. The maximum atomic E-state index is 12.1. The summed E-state index contributed by atoms with van der Waals surface area (Å²) in [7, 11) is -3.70. The molecule has 128 valence electrons. The van der Waals surface area contributed by atoms with Gasteiger partial charge in [0, 0.05) is 23.9 Å². The Morgan fingerprint density at radius 3 is 2.35 bits per heavy atom. The molecule has 0 aliphatic rings. The Bertz CT molecular complexity index is 662. The molecule has 0 aliphatic heterocycles. The fourth-order valence-corrected chi connectivity index (χ4v) is 3.70. The number of amides is 2. The number of nitrogens with one attached hydrogen (secondary N) is 3. The average Bonchev–Trinajstić information content (AvgIpc) is 2.44. The zero-order valence-electron chi connectivity index (χ0n) is 12.9. The summed E-state index contributed by atoms with van der Waals surface area (Å²) in [5.41, 5.74) is 4.52. The molecule has 23 heavy (non-hydrogen) atoms. The highest BCUT2D eigenvalue weighted by Gasteiger charge is 2.17. The summed E-state index contributed by atoms with van der Waals surface area (Å²) in [6.45, 7) is 3.70. The maximum Gasteiger partial charge on any atom is 0.241 e. The number of carbonyl (C=O) groups excluding carboxylic acids is 2. The van der Waals surface area contributed by atoms with Crippen molar-refractivity contribution < 1.29 is 18.0 Å². The van der Waals surface area contributed by atoms with Gasteiger partial charge in [-0.25, -0.2) is 13.1 Å². The quantitative estimate of drug-likeness (QED) is 0.594. The molecular formula is C14H20BrN3O4S. The molecule has 1 aromatic carbocycles. The van der Waals surface area contributed by atoms with E-state index < -0.39 is 15.9 Å². The summed E-state index contributed by atoms with van der Waals surface area (Å²) < 4.78 is 26.9. The number of hydrogen-bond acceptors (Lipinski definition) is 4. The lowest BCUT2D eigenvalue weighted by atomic mass is 10.1. The van der Waals surface area contributed by atoms with E-state index in [1.54, 1.807) is 18.2 Å². The number of hydrazine groups is 1. The van der Waals surface area contributed by atoms with Crippen LogP contribution in [0.4, 0.5) is 0 Å². The second kappa shape index (κ2) is 8.99. The Balaban J connectivity index is 2.40. The Morgan fingerprint density at radius 2 is 1.74 bits per heavy atom. The zero-order valence-corrected chi connectivity index (χ0v) is 15.3. The second-order valence-electron chi connectivity index (χ2n) is 5.27. The van der Waals surface area contributed by atoms with Gasteiger partial charge in [-0.1, -0.05) is 26.0 Å². The van der Waals surface area contributed by atoms with Gasteiger partial charge in [-0.05, 0) is 34.0 Å². The Hall–Kier alpha value is -1.45. The molecule has 1 aromatic rings. The number of rotatable bonds is 7. The van der Waals surface area contributed by atoms with Gasteiger partial charge in [0.2, 0.25) is 21.8 Å². The normalized spacial score (nSPS) is 11.3. The van der Waals surface area contributed by atoms with Gasteiger partial charge in [-0.15, -0.1) is 0 Å². The molecule has 0 saturated heterocycles. The third-order valence-corrected chi connectivity index (χ3v) is 5.18. The van der Waals surface area contributed by atoms with Crippen LogP contribution in [-0.2, 0) is 19.6 Å². The third kappa shape index (κ3) is 7.10. The van der Waals surface area contributed by atoms with E-state index in [1.807, 2.05) is 13.8 Å². The zero-order chi connectivity index (χ0) is 17.5. The van der Waals surface area contributed by atoms with Gasteiger partial charge < -0.3 is 0 Å². The van der Waals surface area contributed by atoms with E-state index in [9.17, 15) is 18.0 Å². The summed E-state index contributed by atoms with van der Waals surface area (Å²) >= 11 is 3.17. The first-order chi connectivity index (χ1) is 10.7. The first kappa shape index (κ1) is 19.6. The van der Waals surface area contributed by atoms with E-state index in [0.29, 0.717) is 10.9 Å². The predicted molar refractivity (Wildman–Crippen MR) is 89.7 cm³/mol. The molecule has 0 aromatic heterocycles. The predicted octanol–water partition coefficient (Wildman–Crippen LogP) is 1.31. The van der Waals surface area contributed by atoms with Gasteiger partial charge in [0.05, 0.1) is 4.90 Å². The minimum Gasteiger partial charge on any atom is -0.273 e. The van der Waals surface area contributed by atoms with E-state index in [2.05, 4.69) is 31.5 Å². The number of sulfonamides is 1. The van der Waals surface area contributed by atoms with Crippen molar-refractivity contribution in [3.8, 4) is 0 Å². The fourth-order valence-electron chi connectivity index (χ4n) is 1.66. The van der Waals surface area contributed by atoms with Crippen molar-refractivity contribution in [2.24, 2.45) is 5.92 Å². The number of hydrogen-bond donors (Lipinski definition) is 3. The number of carbonyl (C=O) groups is 2. The van der Waals surface area contributed by atoms with Crippen LogP contribution in [0.5, 0.6) is 0 Å². The topological polar surface area (TPSA) is 104 Å². The van der Waals surface area contributed by atoms with Crippen LogP contribution in [0.25, 0.3) is 0 Å². The van der Waals surface area contributed by atoms with E-state index >= 15 is 0 Å². The standard InChI is InChI=1S/C14H20BrN3O4S/c1-10(2)9-14(20)18-17-13(19)7-8-16-23(21,22)12-6-4-3-5-11(12)15/h3-6,10,16H,7-9H2,1-2H3,(H,17,19)(H,18,20). The van der Waals surface area contributed by atoms with Gasteiger partial charge >= 0.3 is 0 Å². The summed E-state index contributed by atoms with van der Waals surface area (Å²) in [6, 6.07) is 6.39. The smallest absolute Gasteiger partial charge is 0.241 e. The molecule has 0 unspecified atom stereocenters. The van der Waals surface area contributed by atoms with Crippen molar-refractivity contribution in [3.05, 3.63) is 28.7 Å². The van der Waals surface area contributed by atoms with E-state index in [4.69, 9.17) is 0 Å². The molecule has 0 fully saturated rings. The highest BCUT2D eigenvalue weighted by Crippen LogP contribution is 2.20. The molecule has 0 bridgehead atoms. The lowest BCUT2D eigenvalue weighted by molar-refractivity contribution is -0.129. The van der Waals surface area contributed by atoms with Gasteiger partial charge in [0.15, 0.2) is 0 Å². The van der Waals surface area contributed by atoms with Gasteiger partial charge in [0.25, 0.3) is 0 Å². The van der Waals surface area contributed by atoms with Gasteiger partial charge in [0.1, 0.15) is 0 Å². The molecule has 0 spiro atoms. The molecule has 2 amide bonds. The highest BCUT2D eigenvalue weighted by atomic mass is 79.9. The van der Waals surface area contributed by atoms with Crippen molar-refractivity contribution in [2.45, 2.75) is 31.6 Å². The largest absolute Gasteiger partial charge is 0.273 e. The van der Waals surface area contributed by atoms with Crippen LogP contribution >= 0.6 is 15.9 Å². The summed E-state index contributed by atoms with van der Waals surface area (Å²) in [6.07, 6.45) is 0.209. The average molecular weight is 406 g/mol. The lowest BCUT2D eigenvalue weighted by Gasteiger charge is -2.10. The van der Waals surface area contributed by atoms with Crippen LogP contribution in [0.3, 0.4) is 0 Å². The van der Waals surface area contributed by atoms with Crippen LogP contribution in [-0.4, -0.2) is 26.8 Å². The summed E-state index contributed by atoms with van der Waals surface area (Å²) in [5, 5.41) is 0. The second-order valence-corrected chi connectivity index (χ2v) is 7.86. The Kier molecular flexibility index (Phi) is 7.66. The molecule has 9 heteroatoms. The Labute approximate surface area is 144 Å². The highest BCUT2D eigenvalue weighted by molar-refractivity contribution is 9.10. The minimum absolute atomic E-state index is 0.0739. The molecule has 3 N–H and O–H groups in total. The molecule has 0 radical (unpaired) electrons. The van der Waals surface area contributed by atoms with Crippen molar-refractivity contribution in [3.63, 3.8) is 0 Å². The van der Waals surface area contributed by atoms with Gasteiger partial charge in [-0.2, -0.15) is 0 Å². The van der Waals surface area contributed by atoms with Crippen molar-refractivity contribution in [2.75, 3.05) is 6.54 Å². The van der Waals surface area contributed by atoms with Crippen molar-refractivity contribution in [1.29, 1.82) is 0 Å². The van der Waals surface area contributed by atoms with Crippen LogP contribution < -0.4 is 15.6 Å². The molecule has 0 heterocycles. The van der Waals surface area contributed by atoms with Crippen LogP contribution in [0.2, 0.25) is 0 Å². The maximum absolute atomic E-state index is 12.1. The molecule has 1 rings (SSSR count). The SMILES string of the molecule is CC(C)CC(=O)NNC(=O)CCNS(=O)(=O)c1ccccc1Br. The molecule has 7 nitrogen and oxygen atoms in total.